The molecule has 0 aromatic rings. The number of carbonyl (C=O) groups is 1. The number of nitrogens with zero attached hydrogens (tertiary/aromatic N) is 1. The third-order valence-electron chi connectivity index (χ3n) is 2.53. The molecule has 0 aliphatic carbocycles. The van der Waals surface area contributed by atoms with E-state index >= 15 is 0 Å². The van der Waals surface area contributed by atoms with E-state index in [1.165, 1.54) is 0 Å². The van der Waals surface area contributed by atoms with Crippen molar-refractivity contribution in [3.8, 4) is 0 Å². The molecule has 0 aromatic carbocycles. The first-order chi connectivity index (χ1) is 8.00. The molecule has 0 radical (unpaired) electrons. The third-order valence-corrected chi connectivity index (χ3v) is 10.3. The molecular formula is C9H18NO4PS2. The number of amides is 1. The molecule has 1 aliphatic heterocycles. The predicted molar refractivity (Wildman–Crippen MR) is 71.5 cm³/mol. The van der Waals surface area contributed by atoms with Gasteiger partial charge in [0.25, 0.3) is 5.91 Å². The van der Waals surface area contributed by atoms with E-state index in [4.69, 9.17) is 21.4 Å². The lowest BCUT2D eigenvalue weighted by Crippen LogP contribution is -2.33. The highest BCUT2D eigenvalue weighted by molar-refractivity contribution is 8.18. The number of rotatable bonds is 6. The summed E-state index contributed by atoms with van der Waals surface area (Å²) in [5.41, 5.74) is 0. The fourth-order valence-electron chi connectivity index (χ4n) is 1.80. The second-order valence-electron chi connectivity index (χ2n) is 3.72. The summed E-state index contributed by atoms with van der Waals surface area (Å²) < 4.78 is 18.7. The van der Waals surface area contributed by atoms with Crippen molar-refractivity contribution in [3.05, 3.63) is 0 Å². The summed E-state index contributed by atoms with van der Waals surface area (Å²) in [5, 5.41) is 9.00. The molecule has 0 spiro atoms. The lowest BCUT2D eigenvalue weighted by atomic mass is 10.4. The number of hydrogen-bond donors (Lipinski definition) is 1. The van der Waals surface area contributed by atoms with Gasteiger partial charge in [-0.15, -0.1) is 4.31 Å². The fraction of sp³-hybridized carbons (Fsp3) is 0.889. The van der Waals surface area contributed by atoms with Gasteiger partial charge in [-0.1, -0.05) is 18.7 Å². The summed E-state index contributed by atoms with van der Waals surface area (Å²) >= 11 is 3.98. The molecule has 1 amide bonds. The Morgan fingerprint density at radius 2 is 2.35 bits per heavy atom. The second-order valence-corrected chi connectivity index (χ2v) is 10.3. The van der Waals surface area contributed by atoms with Gasteiger partial charge in [0, 0.05) is 12.8 Å². The highest BCUT2D eigenvalue weighted by Crippen LogP contribution is 2.58. The molecule has 0 aromatic heterocycles. The Balaban J connectivity index is 2.90. The van der Waals surface area contributed by atoms with Crippen molar-refractivity contribution in [1.82, 2.24) is 4.31 Å². The summed E-state index contributed by atoms with van der Waals surface area (Å²) in [7, 11) is 0. The quantitative estimate of drug-likeness (QED) is 0.585. The first-order valence-corrected chi connectivity index (χ1v) is 9.69. The first-order valence-electron chi connectivity index (χ1n) is 5.55. The molecule has 1 N–H and O–H groups in total. The van der Waals surface area contributed by atoms with Gasteiger partial charge < -0.3 is 14.2 Å². The highest BCUT2D eigenvalue weighted by Gasteiger charge is 2.51. The van der Waals surface area contributed by atoms with Gasteiger partial charge in [-0.05, 0) is 13.3 Å². The molecule has 1 heterocycles. The van der Waals surface area contributed by atoms with Gasteiger partial charge in [0.2, 0.25) is 0 Å². The van der Waals surface area contributed by atoms with Crippen LogP contribution < -0.4 is 0 Å². The van der Waals surface area contributed by atoms with E-state index in [1.807, 2.05) is 13.8 Å². The van der Waals surface area contributed by atoms with E-state index in [0.717, 1.165) is 10.7 Å². The maximum Gasteiger partial charge on any atom is 0.272 e. The molecule has 1 rings (SSSR count). The van der Waals surface area contributed by atoms with Gasteiger partial charge in [0.05, 0.1) is 17.8 Å². The Kier molecular flexibility index (Phi) is 5.89. The lowest BCUT2D eigenvalue weighted by molar-refractivity contribution is -0.127. The minimum absolute atomic E-state index is 0.129. The van der Waals surface area contributed by atoms with Crippen LogP contribution in [-0.2, 0) is 32.5 Å². The zero-order chi connectivity index (χ0) is 13.1. The number of aliphatic hydroxyl groups is 1. The van der Waals surface area contributed by atoms with Crippen molar-refractivity contribution < 1.29 is 19.0 Å². The molecule has 1 fully saturated rings. The van der Waals surface area contributed by atoms with E-state index in [9.17, 15) is 9.35 Å². The average Bonchev–Trinajstić information content (AvgIpc) is 2.55. The fourth-order valence-corrected chi connectivity index (χ4v) is 8.54. The zero-order valence-electron chi connectivity index (χ0n) is 10.00. The predicted octanol–water partition coefficient (Wildman–Crippen LogP) is 0.999. The number of hydrogen-bond acceptors (Lipinski definition) is 5. The second kappa shape index (κ2) is 6.50. The lowest BCUT2D eigenvalue weighted by Gasteiger charge is -2.27. The van der Waals surface area contributed by atoms with Crippen LogP contribution in [0, 0.1) is 0 Å². The van der Waals surface area contributed by atoms with Gasteiger partial charge in [-0.2, -0.15) is 0 Å². The summed E-state index contributed by atoms with van der Waals surface area (Å²) in [6, 6.07) is 0. The Labute approximate surface area is 110 Å². The summed E-state index contributed by atoms with van der Waals surface area (Å²) in [5.74, 6) is -0.305. The molecule has 1 saturated heterocycles. The van der Waals surface area contributed by atoms with Crippen LogP contribution >= 0.6 is 6.26 Å². The van der Waals surface area contributed by atoms with Crippen molar-refractivity contribution >= 4 is 35.3 Å². The highest BCUT2D eigenvalue weighted by atomic mass is 32.5. The molecule has 5 nitrogen and oxygen atoms in total. The van der Waals surface area contributed by atoms with E-state index in [0.29, 0.717) is 12.8 Å². The van der Waals surface area contributed by atoms with Crippen molar-refractivity contribution in [2.75, 3.05) is 19.5 Å². The van der Waals surface area contributed by atoms with Crippen molar-refractivity contribution in [2.24, 2.45) is 0 Å². The average molecular weight is 299 g/mol. The minimum Gasteiger partial charge on any atom is -0.592 e. The zero-order valence-corrected chi connectivity index (χ0v) is 12.5. The minimum atomic E-state index is -2.25. The van der Waals surface area contributed by atoms with Crippen LogP contribution in [0.5, 0.6) is 0 Å². The van der Waals surface area contributed by atoms with Crippen LogP contribution in [0.1, 0.15) is 26.7 Å². The van der Waals surface area contributed by atoms with E-state index in [1.54, 1.807) is 0 Å². The van der Waals surface area contributed by atoms with Gasteiger partial charge in [0.1, 0.15) is 6.26 Å². The van der Waals surface area contributed by atoms with Crippen molar-refractivity contribution in [1.29, 1.82) is 0 Å². The molecule has 100 valence electrons. The summed E-state index contributed by atoms with van der Waals surface area (Å²) in [4.78, 5) is 11.1. The van der Waals surface area contributed by atoms with Gasteiger partial charge in [0.15, 0.2) is 11.7 Å². The third kappa shape index (κ3) is 3.22. The number of aliphatic hydroxyl groups excluding tert-OH is 1. The van der Waals surface area contributed by atoms with E-state index in [-0.39, 0.29) is 12.3 Å². The first kappa shape index (κ1) is 15.4. The summed E-state index contributed by atoms with van der Waals surface area (Å²) in [6.45, 7) is 3.79. The molecular weight excluding hydrogens is 281 g/mol. The van der Waals surface area contributed by atoms with Crippen molar-refractivity contribution in [3.63, 3.8) is 0 Å². The van der Waals surface area contributed by atoms with Crippen LogP contribution in [0.15, 0.2) is 0 Å². The molecule has 3 unspecified atom stereocenters. The Morgan fingerprint density at radius 3 is 2.76 bits per heavy atom. The Bertz CT molecular complexity index is 318. The van der Waals surface area contributed by atoms with Crippen LogP contribution in [0.25, 0.3) is 0 Å². The molecule has 8 heteroatoms. The molecule has 0 bridgehead atoms. The monoisotopic (exact) mass is 299 g/mol. The normalized spacial score (nSPS) is 28.5. The largest absolute Gasteiger partial charge is 0.592 e. The maximum absolute atomic E-state index is 12.1. The number of carbonyl (C=O) groups excluding carboxylic acids is 1. The van der Waals surface area contributed by atoms with Crippen LogP contribution in [0.3, 0.4) is 0 Å². The standard InChI is InChI=1S/C9H18NO4PS2/c1-3-5-15(16,14-4-2)9-6-8(12)10(7-11)17(9)13/h9,11H,3-7H2,1-2H3. The molecule has 17 heavy (non-hydrogen) atoms. The smallest absolute Gasteiger partial charge is 0.272 e. The van der Waals surface area contributed by atoms with E-state index in [2.05, 4.69) is 0 Å². The van der Waals surface area contributed by atoms with Crippen molar-refractivity contribution in [2.45, 2.75) is 31.7 Å². The molecule has 0 saturated carbocycles. The topological polar surface area (TPSA) is 72.8 Å². The molecule has 3 atom stereocenters. The summed E-state index contributed by atoms with van der Waals surface area (Å²) in [6.07, 6.45) is -0.597. The van der Waals surface area contributed by atoms with Gasteiger partial charge in [-0.3, -0.25) is 4.79 Å². The van der Waals surface area contributed by atoms with Crippen LogP contribution in [0.4, 0.5) is 0 Å². The SMILES string of the molecule is CCCP(=S)(OCC)C1CC(=O)N(CO)[S+]1[O-]. The maximum atomic E-state index is 12.1. The van der Waals surface area contributed by atoms with Gasteiger partial charge in [-0.25, -0.2) is 0 Å². The Hall–Kier alpha value is 0.350. The van der Waals surface area contributed by atoms with Crippen LogP contribution in [0.2, 0.25) is 0 Å². The van der Waals surface area contributed by atoms with Gasteiger partial charge >= 0.3 is 0 Å². The van der Waals surface area contributed by atoms with Crippen LogP contribution in [-0.4, -0.2) is 44.4 Å². The van der Waals surface area contributed by atoms with E-state index < -0.39 is 29.3 Å². The molecule has 1 aliphatic rings. The Morgan fingerprint density at radius 1 is 1.71 bits per heavy atom.